The largest absolute Gasteiger partial charge is 0.459 e. The lowest BCUT2D eigenvalue weighted by atomic mass is 10.1. The lowest BCUT2D eigenvalue weighted by molar-refractivity contribution is -0.142. The van der Waals surface area contributed by atoms with Crippen LogP contribution in [0.3, 0.4) is 0 Å². The fourth-order valence-electron chi connectivity index (χ4n) is 0.806. The fourth-order valence-corrected chi connectivity index (χ4v) is 0.806. The number of allylic oxidation sites excluding steroid dienone is 1. The molecule has 0 aromatic carbocycles. The SMILES string of the molecule is CC(C)C/C=C(/C#N)C(=O)OC(C)C. The molecule has 0 spiro atoms. The number of nitrogens with zero attached hydrogens (tertiary/aromatic N) is 1. The first-order chi connectivity index (χ1) is 6.47. The molecule has 0 radical (unpaired) electrons. The lowest BCUT2D eigenvalue weighted by Crippen LogP contribution is -2.13. The third-order valence-electron chi connectivity index (χ3n) is 1.48. The van der Waals surface area contributed by atoms with Gasteiger partial charge in [0.25, 0.3) is 0 Å². The summed E-state index contributed by atoms with van der Waals surface area (Å²) in [4.78, 5) is 11.3. The highest BCUT2D eigenvalue weighted by molar-refractivity contribution is 5.92. The van der Waals surface area contributed by atoms with Crippen molar-refractivity contribution < 1.29 is 9.53 Å². The van der Waals surface area contributed by atoms with Gasteiger partial charge < -0.3 is 4.74 Å². The van der Waals surface area contributed by atoms with E-state index in [0.29, 0.717) is 5.92 Å². The van der Waals surface area contributed by atoms with Crippen LogP contribution >= 0.6 is 0 Å². The third-order valence-corrected chi connectivity index (χ3v) is 1.48. The molecule has 78 valence electrons. The van der Waals surface area contributed by atoms with E-state index in [-0.39, 0.29) is 11.7 Å². The van der Waals surface area contributed by atoms with Crippen molar-refractivity contribution in [3.05, 3.63) is 11.6 Å². The molecule has 0 aromatic heterocycles. The second-order valence-corrected chi connectivity index (χ2v) is 3.81. The van der Waals surface area contributed by atoms with Crippen LogP contribution in [0.5, 0.6) is 0 Å². The minimum absolute atomic E-state index is 0.104. The van der Waals surface area contributed by atoms with E-state index in [1.807, 2.05) is 19.9 Å². The molecular weight excluding hydrogens is 178 g/mol. The van der Waals surface area contributed by atoms with Crippen LogP contribution in [-0.4, -0.2) is 12.1 Å². The van der Waals surface area contributed by atoms with E-state index in [2.05, 4.69) is 0 Å². The number of hydrogen-bond acceptors (Lipinski definition) is 3. The normalized spacial score (nSPS) is 11.6. The highest BCUT2D eigenvalue weighted by Crippen LogP contribution is 2.06. The predicted octanol–water partition coefficient (Wildman–Crippen LogP) is 2.43. The number of hydrogen-bond donors (Lipinski definition) is 0. The monoisotopic (exact) mass is 195 g/mol. The summed E-state index contributed by atoms with van der Waals surface area (Å²) in [5.41, 5.74) is 0.104. The highest BCUT2D eigenvalue weighted by atomic mass is 16.5. The number of ether oxygens (including phenoxy) is 1. The van der Waals surface area contributed by atoms with Gasteiger partial charge in [-0.3, -0.25) is 0 Å². The van der Waals surface area contributed by atoms with E-state index >= 15 is 0 Å². The Balaban J connectivity index is 4.35. The van der Waals surface area contributed by atoms with E-state index in [0.717, 1.165) is 6.42 Å². The Bertz CT molecular complexity index is 259. The van der Waals surface area contributed by atoms with Gasteiger partial charge in [-0.05, 0) is 26.2 Å². The molecule has 0 bridgehead atoms. The van der Waals surface area contributed by atoms with Gasteiger partial charge in [0.1, 0.15) is 11.6 Å². The summed E-state index contributed by atoms with van der Waals surface area (Å²) < 4.78 is 4.91. The summed E-state index contributed by atoms with van der Waals surface area (Å²) in [5, 5.41) is 8.70. The molecule has 0 aliphatic rings. The van der Waals surface area contributed by atoms with Crippen molar-refractivity contribution in [3.8, 4) is 6.07 Å². The molecule has 3 heteroatoms. The van der Waals surface area contributed by atoms with Crippen molar-refractivity contribution in [1.82, 2.24) is 0 Å². The summed E-state index contributed by atoms with van der Waals surface area (Å²) in [6.45, 7) is 7.57. The zero-order valence-corrected chi connectivity index (χ0v) is 9.20. The molecule has 0 aromatic rings. The van der Waals surface area contributed by atoms with Crippen molar-refractivity contribution in [2.24, 2.45) is 5.92 Å². The fraction of sp³-hybridized carbons (Fsp3) is 0.636. The first-order valence-electron chi connectivity index (χ1n) is 4.78. The molecule has 0 fully saturated rings. The molecule has 0 amide bonds. The Morgan fingerprint density at radius 3 is 2.36 bits per heavy atom. The summed E-state index contributed by atoms with van der Waals surface area (Å²) in [6.07, 6.45) is 2.17. The van der Waals surface area contributed by atoms with Crippen LogP contribution in [0.1, 0.15) is 34.1 Å². The van der Waals surface area contributed by atoms with E-state index in [1.165, 1.54) is 0 Å². The Labute approximate surface area is 85.4 Å². The van der Waals surface area contributed by atoms with Crippen LogP contribution in [0.15, 0.2) is 11.6 Å². The van der Waals surface area contributed by atoms with Gasteiger partial charge in [0.05, 0.1) is 6.10 Å². The quantitative estimate of drug-likeness (QED) is 0.393. The maximum absolute atomic E-state index is 11.3. The Morgan fingerprint density at radius 1 is 1.43 bits per heavy atom. The van der Waals surface area contributed by atoms with Crippen LogP contribution in [0.2, 0.25) is 0 Å². The molecule has 0 atom stereocenters. The minimum Gasteiger partial charge on any atom is -0.459 e. The summed E-state index contributed by atoms with van der Waals surface area (Å²) in [6, 6.07) is 1.85. The minimum atomic E-state index is -0.525. The number of rotatable bonds is 4. The third kappa shape index (κ3) is 5.36. The number of carbonyl (C=O) groups excluding carboxylic acids is 1. The Hall–Kier alpha value is -1.30. The summed E-state index contributed by atoms with van der Waals surface area (Å²) in [7, 11) is 0. The van der Waals surface area contributed by atoms with Gasteiger partial charge in [0.2, 0.25) is 0 Å². The van der Waals surface area contributed by atoms with Crippen LogP contribution in [0, 0.1) is 17.2 Å². The number of esters is 1. The lowest BCUT2D eigenvalue weighted by Gasteiger charge is -2.06. The van der Waals surface area contributed by atoms with E-state index in [9.17, 15) is 4.79 Å². The topological polar surface area (TPSA) is 50.1 Å². The zero-order chi connectivity index (χ0) is 11.1. The molecule has 0 unspecified atom stereocenters. The number of carbonyl (C=O) groups is 1. The van der Waals surface area contributed by atoms with E-state index in [1.54, 1.807) is 19.9 Å². The molecule has 0 saturated heterocycles. The van der Waals surface area contributed by atoms with Crippen molar-refractivity contribution >= 4 is 5.97 Å². The summed E-state index contributed by atoms with van der Waals surface area (Å²) in [5.74, 6) is -0.0895. The van der Waals surface area contributed by atoms with Crippen LogP contribution in [0.4, 0.5) is 0 Å². The molecule has 14 heavy (non-hydrogen) atoms. The second kappa shape index (κ2) is 6.20. The van der Waals surface area contributed by atoms with Gasteiger partial charge in [0, 0.05) is 0 Å². The highest BCUT2D eigenvalue weighted by Gasteiger charge is 2.11. The maximum atomic E-state index is 11.3. The van der Waals surface area contributed by atoms with Crippen LogP contribution < -0.4 is 0 Å². The standard InChI is InChI=1S/C11H17NO2/c1-8(2)5-6-10(7-12)11(13)14-9(3)4/h6,8-9H,5H2,1-4H3/b10-6-. The van der Waals surface area contributed by atoms with Crippen molar-refractivity contribution in [2.45, 2.75) is 40.2 Å². The molecule has 0 N–H and O–H groups in total. The molecule has 0 saturated carbocycles. The van der Waals surface area contributed by atoms with Gasteiger partial charge in [-0.2, -0.15) is 5.26 Å². The van der Waals surface area contributed by atoms with Gasteiger partial charge in [-0.25, -0.2) is 4.79 Å². The van der Waals surface area contributed by atoms with Gasteiger partial charge in [-0.1, -0.05) is 19.9 Å². The Kier molecular flexibility index (Phi) is 5.62. The maximum Gasteiger partial charge on any atom is 0.348 e. The molecule has 0 heterocycles. The van der Waals surface area contributed by atoms with Crippen molar-refractivity contribution in [3.63, 3.8) is 0 Å². The van der Waals surface area contributed by atoms with Gasteiger partial charge >= 0.3 is 5.97 Å². The van der Waals surface area contributed by atoms with E-state index in [4.69, 9.17) is 10.00 Å². The van der Waals surface area contributed by atoms with Gasteiger partial charge in [0.15, 0.2) is 0 Å². The van der Waals surface area contributed by atoms with Gasteiger partial charge in [-0.15, -0.1) is 0 Å². The molecule has 0 rings (SSSR count). The smallest absolute Gasteiger partial charge is 0.348 e. The second-order valence-electron chi connectivity index (χ2n) is 3.81. The number of nitriles is 1. The van der Waals surface area contributed by atoms with Crippen LogP contribution in [-0.2, 0) is 9.53 Å². The van der Waals surface area contributed by atoms with E-state index < -0.39 is 5.97 Å². The van der Waals surface area contributed by atoms with Crippen molar-refractivity contribution in [2.75, 3.05) is 0 Å². The molecular formula is C11H17NO2. The summed E-state index contributed by atoms with van der Waals surface area (Å²) >= 11 is 0. The first-order valence-corrected chi connectivity index (χ1v) is 4.78. The average molecular weight is 195 g/mol. The van der Waals surface area contributed by atoms with Crippen molar-refractivity contribution in [1.29, 1.82) is 5.26 Å². The zero-order valence-electron chi connectivity index (χ0n) is 9.20. The molecule has 0 aliphatic heterocycles. The van der Waals surface area contributed by atoms with Crippen LogP contribution in [0.25, 0.3) is 0 Å². The molecule has 3 nitrogen and oxygen atoms in total. The molecule has 0 aliphatic carbocycles. The first kappa shape index (κ1) is 12.7. The Morgan fingerprint density at radius 2 is 2.00 bits per heavy atom. The predicted molar refractivity (Wildman–Crippen MR) is 54.4 cm³/mol. The average Bonchev–Trinajstić information content (AvgIpc) is 2.03.